The smallest absolute Gasteiger partial charge is 0.276 e. The van der Waals surface area contributed by atoms with E-state index in [0.29, 0.717) is 0 Å². The molecule has 0 unspecified atom stereocenters. The monoisotopic (exact) mass is 369 g/mol. The number of phenolic OH excluding ortho intramolecular Hbond substituents is 1. The summed E-state index contributed by atoms with van der Waals surface area (Å²) in [4.78, 5) is 11.8. The van der Waals surface area contributed by atoms with Crippen molar-refractivity contribution in [2.24, 2.45) is 5.10 Å². The van der Waals surface area contributed by atoms with E-state index in [-0.39, 0.29) is 21.9 Å². The lowest BCUT2D eigenvalue weighted by Gasteiger charge is -2.06. The number of nitrogens with zero attached hydrogens (tertiary/aromatic N) is 2. The Hall–Kier alpha value is -3.21. The van der Waals surface area contributed by atoms with E-state index in [1.807, 2.05) is 4.83 Å². The number of rotatable bonds is 6. The topological polar surface area (TPSA) is 131 Å². The van der Waals surface area contributed by atoms with Crippen molar-refractivity contribution in [2.45, 2.75) is 4.90 Å². The third kappa shape index (κ3) is 4.20. The number of hydrazone groups is 1. The number of ether oxygens (including phenoxy) is 1. The first-order valence-electron chi connectivity index (χ1n) is 6.60. The average Bonchev–Trinajstić information content (AvgIpc) is 2.56. The van der Waals surface area contributed by atoms with E-state index in [1.54, 1.807) is 0 Å². The van der Waals surface area contributed by atoms with Gasteiger partial charge in [-0.1, -0.05) is 0 Å². The number of methoxy groups -OCH3 is 1. The van der Waals surface area contributed by atoms with Crippen molar-refractivity contribution in [3.8, 4) is 11.5 Å². The minimum atomic E-state index is -4.06. The van der Waals surface area contributed by atoms with Gasteiger partial charge in [-0.15, -0.1) is 0 Å². The molecule has 2 rings (SSSR count). The molecule has 11 heteroatoms. The molecule has 0 atom stereocenters. The predicted molar refractivity (Wildman–Crippen MR) is 85.6 cm³/mol. The summed E-state index contributed by atoms with van der Waals surface area (Å²) in [6.07, 6.45) is 0.881. The number of sulfonamides is 1. The van der Waals surface area contributed by atoms with Crippen LogP contribution in [-0.2, 0) is 10.0 Å². The highest BCUT2D eigenvalue weighted by atomic mass is 32.2. The zero-order chi connectivity index (χ0) is 18.6. The molecule has 2 N–H and O–H groups in total. The quantitative estimate of drug-likeness (QED) is 0.453. The highest BCUT2D eigenvalue weighted by Gasteiger charge is 2.16. The molecule has 0 spiro atoms. The molecule has 0 aromatic heterocycles. The minimum absolute atomic E-state index is 0.132. The second-order valence-electron chi connectivity index (χ2n) is 4.65. The van der Waals surface area contributed by atoms with Gasteiger partial charge in [-0.2, -0.15) is 13.5 Å². The summed E-state index contributed by atoms with van der Waals surface area (Å²) in [5, 5.41) is 24.2. The molecule has 0 fully saturated rings. The number of hydrogen-bond acceptors (Lipinski definition) is 7. The zero-order valence-electron chi connectivity index (χ0n) is 12.7. The number of non-ortho nitro benzene ring substituents is 1. The van der Waals surface area contributed by atoms with Gasteiger partial charge in [0.1, 0.15) is 5.82 Å². The van der Waals surface area contributed by atoms with E-state index in [0.717, 1.165) is 42.6 Å². The van der Waals surface area contributed by atoms with Crippen LogP contribution in [0.5, 0.6) is 11.5 Å². The number of aromatic hydroxyl groups is 1. The van der Waals surface area contributed by atoms with Gasteiger partial charge in [0.05, 0.1) is 29.2 Å². The Kier molecular flexibility index (Phi) is 5.17. The Morgan fingerprint density at radius 1 is 1.32 bits per heavy atom. The SMILES string of the molecule is COc1cc([N+](=O)[O-])cc(/C=N/NS(=O)(=O)c2ccc(F)cc2)c1O. The predicted octanol–water partition coefficient (Wildman–Crippen LogP) is 1.76. The van der Waals surface area contributed by atoms with Crippen LogP contribution < -0.4 is 9.57 Å². The Balaban J connectivity index is 2.28. The van der Waals surface area contributed by atoms with Crippen molar-refractivity contribution in [1.29, 1.82) is 0 Å². The number of nitrogens with one attached hydrogen (secondary N) is 1. The first kappa shape index (κ1) is 18.1. The van der Waals surface area contributed by atoms with Gasteiger partial charge in [0.25, 0.3) is 15.7 Å². The second kappa shape index (κ2) is 7.13. The summed E-state index contributed by atoms with van der Waals surface area (Å²) in [5.41, 5.74) is -0.509. The number of nitro groups is 1. The van der Waals surface area contributed by atoms with Crippen LogP contribution >= 0.6 is 0 Å². The molecule has 0 aliphatic heterocycles. The molecule has 25 heavy (non-hydrogen) atoms. The summed E-state index contributed by atoms with van der Waals surface area (Å²) < 4.78 is 41.6. The maximum atomic E-state index is 12.8. The Labute approximate surface area is 141 Å². The lowest BCUT2D eigenvalue weighted by atomic mass is 10.2. The standard InChI is InChI=1S/C14H12FN3O6S/c1-24-13-7-11(18(20)21)6-9(14(13)19)8-16-17-25(22,23)12-4-2-10(15)3-5-12/h2-8,17,19H,1H3/b16-8+. The van der Waals surface area contributed by atoms with Crippen LogP contribution in [0.1, 0.15) is 5.56 Å². The van der Waals surface area contributed by atoms with Crippen LogP contribution in [0.2, 0.25) is 0 Å². The van der Waals surface area contributed by atoms with Gasteiger partial charge in [0.15, 0.2) is 11.5 Å². The summed E-state index contributed by atoms with van der Waals surface area (Å²) in [6.45, 7) is 0. The Bertz CT molecular complexity index is 928. The summed E-state index contributed by atoms with van der Waals surface area (Å²) in [6, 6.07) is 6.02. The molecule has 132 valence electrons. The molecule has 0 saturated carbocycles. The van der Waals surface area contributed by atoms with Gasteiger partial charge in [0, 0.05) is 11.6 Å². The third-order valence-electron chi connectivity index (χ3n) is 3.02. The molecule has 0 bridgehead atoms. The van der Waals surface area contributed by atoms with Crippen molar-refractivity contribution in [1.82, 2.24) is 4.83 Å². The van der Waals surface area contributed by atoms with Crippen LogP contribution in [0.4, 0.5) is 10.1 Å². The highest BCUT2D eigenvalue weighted by Crippen LogP contribution is 2.33. The van der Waals surface area contributed by atoms with E-state index in [9.17, 15) is 28.0 Å². The van der Waals surface area contributed by atoms with Crippen LogP contribution in [0.25, 0.3) is 0 Å². The fourth-order valence-corrected chi connectivity index (χ4v) is 2.60. The lowest BCUT2D eigenvalue weighted by molar-refractivity contribution is -0.385. The van der Waals surface area contributed by atoms with E-state index in [2.05, 4.69) is 5.10 Å². The van der Waals surface area contributed by atoms with Gasteiger partial charge in [-0.05, 0) is 24.3 Å². The summed E-state index contributed by atoms with van der Waals surface area (Å²) in [7, 11) is -2.86. The van der Waals surface area contributed by atoms with Crippen LogP contribution in [-0.4, -0.2) is 31.8 Å². The van der Waals surface area contributed by atoms with E-state index >= 15 is 0 Å². The molecular weight excluding hydrogens is 357 g/mol. The molecule has 0 aliphatic carbocycles. The molecule has 9 nitrogen and oxygen atoms in total. The van der Waals surface area contributed by atoms with Crippen LogP contribution in [0.15, 0.2) is 46.4 Å². The Morgan fingerprint density at radius 2 is 1.96 bits per heavy atom. The first-order valence-corrected chi connectivity index (χ1v) is 8.09. The molecule has 2 aromatic carbocycles. The van der Waals surface area contributed by atoms with Crippen molar-refractivity contribution in [3.63, 3.8) is 0 Å². The molecule has 0 saturated heterocycles. The number of nitro benzene ring substituents is 1. The van der Waals surface area contributed by atoms with Crippen molar-refractivity contribution < 1.29 is 27.6 Å². The maximum absolute atomic E-state index is 12.8. The largest absolute Gasteiger partial charge is 0.504 e. The fourth-order valence-electron chi connectivity index (χ4n) is 1.81. The molecule has 0 heterocycles. The lowest BCUT2D eigenvalue weighted by Crippen LogP contribution is -2.18. The maximum Gasteiger partial charge on any atom is 0.276 e. The second-order valence-corrected chi connectivity index (χ2v) is 6.31. The fraction of sp³-hybridized carbons (Fsp3) is 0.0714. The Morgan fingerprint density at radius 3 is 2.52 bits per heavy atom. The zero-order valence-corrected chi connectivity index (χ0v) is 13.5. The molecule has 0 radical (unpaired) electrons. The number of hydrogen-bond donors (Lipinski definition) is 2. The van der Waals surface area contributed by atoms with Crippen molar-refractivity contribution in [3.05, 3.63) is 57.9 Å². The van der Waals surface area contributed by atoms with Gasteiger partial charge in [-0.3, -0.25) is 10.1 Å². The van der Waals surface area contributed by atoms with E-state index in [4.69, 9.17) is 4.74 Å². The number of benzene rings is 2. The van der Waals surface area contributed by atoms with Gasteiger partial charge in [0.2, 0.25) is 0 Å². The summed E-state index contributed by atoms with van der Waals surface area (Å²) >= 11 is 0. The summed E-state index contributed by atoms with van der Waals surface area (Å²) in [5.74, 6) is -1.22. The van der Waals surface area contributed by atoms with Crippen LogP contribution in [0.3, 0.4) is 0 Å². The van der Waals surface area contributed by atoms with Crippen molar-refractivity contribution in [2.75, 3.05) is 7.11 Å². The molecule has 0 amide bonds. The highest BCUT2D eigenvalue weighted by molar-refractivity contribution is 7.89. The molecule has 2 aromatic rings. The van der Waals surface area contributed by atoms with E-state index in [1.165, 1.54) is 7.11 Å². The average molecular weight is 369 g/mol. The molecular formula is C14H12FN3O6S. The molecule has 0 aliphatic rings. The minimum Gasteiger partial charge on any atom is -0.504 e. The van der Waals surface area contributed by atoms with Gasteiger partial charge >= 0.3 is 0 Å². The van der Waals surface area contributed by atoms with E-state index < -0.39 is 26.5 Å². The third-order valence-corrected chi connectivity index (χ3v) is 4.26. The number of halogens is 1. The number of phenols is 1. The van der Waals surface area contributed by atoms with Gasteiger partial charge in [-0.25, -0.2) is 9.22 Å². The van der Waals surface area contributed by atoms with Crippen molar-refractivity contribution >= 4 is 21.9 Å². The first-order chi connectivity index (χ1) is 11.7. The normalized spacial score (nSPS) is 11.4. The van der Waals surface area contributed by atoms with Gasteiger partial charge < -0.3 is 9.84 Å². The van der Waals surface area contributed by atoms with Crippen LogP contribution in [0, 0.1) is 15.9 Å².